The maximum atomic E-state index is 12.0. The number of aromatic nitrogens is 2. The molecule has 2 rings (SSSR count). The maximum absolute atomic E-state index is 12.0. The van der Waals surface area contributed by atoms with Gasteiger partial charge in [0.05, 0.1) is 23.7 Å². The highest BCUT2D eigenvalue weighted by atomic mass is 32.2. The molecule has 1 aromatic heterocycles. The average molecular weight is 312 g/mol. The van der Waals surface area contributed by atoms with Crippen LogP contribution >= 0.6 is 0 Å². The second-order valence-electron chi connectivity index (χ2n) is 5.40. The summed E-state index contributed by atoms with van der Waals surface area (Å²) in [6.45, 7) is 3.38. The third-order valence-corrected chi connectivity index (χ3v) is 4.94. The maximum Gasteiger partial charge on any atom is 0.252 e. The van der Waals surface area contributed by atoms with Crippen LogP contribution in [-0.2, 0) is 10.0 Å². The molecule has 116 valence electrons. The lowest BCUT2D eigenvalue weighted by Gasteiger charge is -2.30. The molecule has 0 unspecified atom stereocenters. The standard InChI is InChI=1S/C13H20N4O3S/c1-10-7-12(9-15-16-10)13(18)14-8-11-3-5-17(6-4-11)21(2,19)20/h7,9,11H,3-6,8H2,1-2H3,(H,14,18). The molecule has 0 bridgehead atoms. The van der Waals surface area contributed by atoms with Crippen molar-refractivity contribution in [2.24, 2.45) is 5.92 Å². The number of aryl methyl sites for hydroxylation is 1. The van der Waals surface area contributed by atoms with Crippen molar-refractivity contribution in [3.8, 4) is 0 Å². The second-order valence-corrected chi connectivity index (χ2v) is 7.38. The third kappa shape index (κ3) is 4.47. The summed E-state index contributed by atoms with van der Waals surface area (Å²) in [6.07, 6.45) is 4.20. The highest BCUT2D eigenvalue weighted by molar-refractivity contribution is 7.88. The highest BCUT2D eigenvalue weighted by Gasteiger charge is 2.25. The van der Waals surface area contributed by atoms with Crippen LogP contribution < -0.4 is 5.32 Å². The molecule has 0 atom stereocenters. The van der Waals surface area contributed by atoms with E-state index < -0.39 is 10.0 Å². The topological polar surface area (TPSA) is 92.3 Å². The first-order chi connectivity index (χ1) is 9.86. The summed E-state index contributed by atoms with van der Waals surface area (Å²) in [7, 11) is -3.10. The van der Waals surface area contributed by atoms with E-state index >= 15 is 0 Å². The lowest BCUT2D eigenvalue weighted by atomic mass is 9.98. The van der Waals surface area contributed by atoms with Gasteiger partial charge in [0.1, 0.15) is 0 Å². The van der Waals surface area contributed by atoms with Gasteiger partial charge in [-0.25, -0.2) is 12.7 Å². The minimum Gasteiger partial charge on any atom is -0.352 e. The number of nitrogens with one attached hydrogen (secondary N) is 1. The number of sulfonamides is 1. The Morgan fingerprint density at radius 2 is 2.10 bits per heavy atom. The monoisotopic (exact) mass is 312 g/mol. The van der Waals surface area contributed by atoms with Crippen LogP contribution in [0.4, 0.5) is 0 Å². The molecule has 0 aromatic carbocycles. The number of nitrogens with zero attached hydrogens (tertiary/aromatic N) is 3. The fourth-order valence-electron chi connectivity index (χ4n) is 2.38. The first-order valence-electron chi connectivity index (χ1n) is 6.89. The summed E-state index contributed by atoms with van der Waals surface area (Å²) in [6, 6.07) is 1.69. The molecular weight excluding hydrogens is 292 g/mol. The molecule has 1 aliphatic rings. The number of piperidine rings is 1. The summed E-state index contributed by atoms with van der Waals surface area (Å²) in [5.74, 6) is 0.140. The van der Waals surface area contributed by atoms with E-state index in [4.69, 9.17) is 0 Å². The van der Waals surface area contributed by atoms with Crippen molar-refractivity contribution in [1.29, 1.82) is 0 Å². The zero-order valence-electron chi connectivity index (χ0n) is 12.2. The van der Waals surface area contributed by atoms with E-state index in [1.165, 1.54) is 16.8 Å². The molecule has 7 nitrogen and oxygen atoms in total. The Hall–Kier alpha value is -1.54. The fourth-order valence-corrected chi connectivity index (χ4v) is 3.26. The second kappa shape index (κ2) is 6.48. The van der Waals surface area contributed by atoms with E-state index in [9.17, 15) is 13.2 Å². The Labute approximate surface area is 124 Å². The van der Waals surface area contributed by atoms with Gasteiger partial charge in [-0.2, -0.15) is 10.2 Å². The minimum absolute atomic E-state index is 0.168. The summed E-state index contributed by atoms with van der Waals surface area (Å²) < 4.78 is 24.3. The smallest absolute Gasteiger partial charge is 0.252 e. The molecule has 1 N–H and O–H groups in total. The summed E-state index contributed by atoms with van der Waals surface area (Å²) in [4.78, 5) is 12.0. The Kier molecular flexibility index (Phi) is 4.89. The Bertz CT molecular complexity index is 610. The van der Waals surface area contributed by atoms with Crippen LogP contribution in [0, 0.1) is 12.8 Å². The molecule has 1 amide bonds. The average Bonchev–Trinajstić information content (AvgIpc) is 2.44. The van der Waals surface area contributed by atoms with Crippen molar-refractivity contribution in [2.75, 3.05) is 25.9 Å². The van der Waals surface area contributed by atoms with Gasteiger partial charge in [-0.05, 0) is 31.7 Å². The first kappa shape index (κ1) is 15.8. The van der Waals surface area contributed by atoms with Gasteiger partial charge >= 0.3 is 0 Å². The molecular formula is C13H20N4O3S. The van der Waals surface area contributed by atoms with Crippen molar-refractivity contribution in [3.63, 3.8) is 0 Å². The highest BCUT2D eigenvalue weighted by Crippen LogP contribution is 2.18. The molecule has 1 aliphatic heterocycles. The van der Waals surface area contributed by atoms with Gasteiger partial charge in [0, 0.05) is 19.6 Å². The number of hydrogen-bond acceptors (Lipinski definition) is 5. The molecule has 1 fully saturated rings. The van der Waals surface area contributed by atoms with Gasteiger partial charge in [0.25, 0.3) is 5.91 Å². The lowest BCUT2D eigenvalue weighted by molar-refractivity contribution is 0.0941. The number of amides is 1. The van der Waals surface area contributed by atoms with Crippen LogP contribution in [0.1, 0.15) is 28.9 Å². The van der Waals surface area contributed by atoms with Crippen molar-refractivity contribution < 1.29 is 13.2 Å². The van der Waals surface area contributed by atoms with E-state index in [2.05, 4.69) is 15.5 Å². The largest absolute Gasteiger partial charge is 0.352 e. The van der Waals surface area contributed by atoms with Crippen LogP contribution in [0.15, 0.2) is 12.3 Å². The number of hydrogen-bond donors (Lipinski definition) is 1. The molecule has 0 aliphatic carbocycles. The van der Waals surface area contributed by atoms with E-state index in [1.807, 2.05) is 0 Å². The van der Waals surface area contributed by atoms with E-state index in [-0.39, 0.29) is 5.91 Å². The number of rotatable bonds is 4. The normalized spacial score (nSPS) is 17.6. The quantitative estimate of drug-likeness (QED) is 0.856. The van der Waals surface area contributed by atoms with E-state index in [0.717, 1.165) is 12.8 Å². The summed E-state index contributed by atoms with van der Waals surface area (Å²) in [5, 5.41) is 10.4. The predicted molar refractivity (Wildman–Crippen MR) is 78.2 cm³/mol. The molecule has 8 heteroatoms. The van der Waals surface area contributed by atoms with Crippen LogP contribution in [0.5, 0.6) is 0 Å². The molecule has 0 saturated carbocycles. The number of carbonyl (C=O) groups is 1. The van der Waals surface area contributed by atoms with Crippen LogP contribution in [0.2, 0.25) is 0 Å². The molecule has 1 saturated heterocycles. The Morgan fingerprint density at radius 1 is 1.43 bits per heavy atom. The zero-order chi connectivity index (χ0) is 15.5. The van der Waals surface area contributed by atoms with Gasteiger partial charge in [-0.15, -0.1) is 0 Å². The van der Waals surface area contributed by atoms with Gasteiger partial charge in [-0.1, -0.05) is 0 Å². The predicted octanol–water partition coefficient (Wildman–Crippen LogP) is 0.186. The molecule has 1 aromatic rings. The van der Waals surface area contributed by atoms with Crippen molar-refractivity contribution in [2.45, 2.75) is 19.8 Å². The lowest BCUT2D eigenvalue weighted by Crippen LogP contribution is -2.41. The first-order valence-corrected chi connectivity index (χ1v) is 8.74. The van der Waals surface area contributed by atoms with Crippen molar-refractivity contribution in [3.05, 3.63) is 23.5 Å². The third-order valence-electron chi connectivity index (χ3n) is 3.63. The van der Waals surface area contributed by atoms with E-state index in [0.29, 0.717) is 36.8 Å². The molecule has 2 heterocycles. The van der Waals surface area contributed by atoms with Crippen LogP contribution in [0.3, 0.4) is 0 Å². The van der Waals surface area contributed by atoms with Gasteiger partial charge in [0.15, 0.2) is 0 Å². The molecule has 0 radical (unpaired) electrons. The summed E-state index contributed by atoms with van der Waals surface area (Å²) in [5.41, 5.74) is 1.19. The van der Waals surface area contributed by atoms with Crippen LogP contribution in [0.25, 0.3) is 0 Å². The van der Waals surface area contributed by atoms with Gasteiger partial charge in [0.2, 0.25) is 10.0 Å². The van der Waals surface area contributed by atoms with Gasteiger partial charge < -0.3 is 5.32 Å². The van der Waals surface area contributed by atoms with Gasteiger partial charge in [-0.3, -0.25) is 4.79 Å². The fraction of sp³-hybridized carbons (Fsp3) is 0.615. The Morgan fingerprint density at radius 3 is 2.67 bits per heavy atom. The summed E-state index contributed by atoms with van der Waals surface area (Å²) >= 11 is 0. The van der Waals surface area contributed by atoms with E-state index in [1.54, 1.807) is 13.0 Å². The van der Waals surface area contributed by atoms with Crippen LogP contribution in [-0.4, -0.2) is 54.7 Å². The van der Waals surface area contributed by atoms with Crippen molar-refractivity contribution in [1.82, 2.24) is 19.8 Å². The minimum atomic E-state index is -3.10. The molecule has 0 spiro atoms. The Balaban J connectivity index is 1.81. The zero-order valence-corrected chi connectivity index (χ0v) is 13.1. The SMILES string of the molecule is Cc1cc(C(=O)NCC2CCN(S(C)(=O)=O)CC2)cnn1. The number of carbonyl (C=O) groups excluding carboxylic acids is 1. The molecule has 21 heavy (non-hydrogen) atoms. The van der Waals surface area contributed by atoms with Crippen molar-refractivity contribution >= 4 is 15.9 Å².